The molecule has 4 nitrogen and oxygen atoms in total. The third kappa shape index (κ3) is 2.20. The number of nitrogen functional groups attached to an aromatic ring is 1. The van der Waals surface area contributed by atoms with Crippen molar-refractivity contribution in [1.82, 2.24) is 0 Å². The highest BCUT2D eigenvalue weighted by molar-refractivity contribution is 5.95. The van der Waals surface area contributed by atoms with Crippen molar-refractivity contribution < 1.29 is 4.79 Å². The molecule has 0 aromatic heterocycles. The van der Waals surface area contributed by atoms with E-state index in [0.29, 0.717) is 11.3 Å². The lowest BCUT2D eigenvalue weighted by Crippen LogP contribution is -2.31. The van der Waals surface area contributed by atoms with E-state index in [2.05, 4.69) is 23.1 Å². The Balaban J connectivity index is 1.95. The topological polar surface area (TPSA) is 72.3 Å². The minimum Gasteiger partial charge on any atom is -0.397 e. The Bertz CT molecular complexity index is 667. The van der Waals surface area contributed by atoms with E-state index in [4.69, 9.17) is 11.5 Å². The van der Waals surface area contributed by atoms with Crippen LogP contribution in [0.4, 0.5) is 11.4 Å². The van der Waals surface area contributed by atoms with E-state index in [1.165, 1.54) is 11.1 Å². The van der Waals surface area contributed by atoms with Crippen LogP contribution in [0.2, 0.25) is 0 Å². The van der Waals surface area contributed by atoms with Crippen LogP contribution in [0.5, 0.6) is 0 Å². The number of nitrogens with zero attached hydrogens (tertiary/aromatic N) is 1. The van der Waals surface area contributed by atoms with Gasteiger partial charge in [-0.2, -0.15) is 0 Å². The Morgan fingerprint density at radius 2 is 1.85 bits per heavy atom. The number of amides is 1. The second-order valence-corrected chi connectivity index (χ2v) is 5.08. The van der Waals surface area contributed by atoms with Crippen LogP contribution in [-0.2, 0) is 13.0 Å². The van der Waals surface area contributed by atoms with E-state index in [1.807, 2.05) is 6.07 Å². The average Bonchev–Trinajstić information content (AvgIpc) is 2.47. The fourth-order valence-corrected chi connectivity index (χ4v) is 2.67. The lowest BCUT2D eigenvalue weighted by atomic mass is 9.99. The standard InChI is InChI=1S/C16H17N3O/c17-14-6-5-12(16(18)20)9-15(14)19-8-7-11-3-1-2-4-13(11)10-19/h1-6,9H,7-8,10,17H2,(H2,18,20). The van der Waals surface area contributed by atoms with Gasteiger partial charge in [-0.3, -0.25) is 4.79 Å². The summed E-state index contributed by atoms with van der Waals surface area (Å²) in [5, 5.41) is 0. The summed E-state index contributed by atoms with van der Waals surface area (Å²) in [7, 11) is 0. The van der Waals surface area contributed by atoms with Crippen molar-refractivity contribution in [2.45, 2.75) is 13.0 Å². The summed E-state index contributed by atoms with van der Waals surface area (Å²) in [4.78, 5) is 13.5. The molecule has 3 rings (SSSR count). The third-order valence-corrected chi connectivity index (χ3v) is 3.79. The summed E-state index contributed by atoms with van der Waals surface area (Å²) < 4.78 is 0. The average molecular weight is 267 g/mol. The van der Waals surface area contributed by atoms with Gasteiger partial charge in [-0.15, -0.1) is 0 Å². The van der Waals surface area contributed by atoms with Gasteiger partial charge in [0.1, 0.15) is 0 Å². The van der Waals surface area contributed by atoms with Crippen molar-refractivity contribution in [3.05, 3.63) is 59.2 Å². The highest BCUT2D eigenvalue weighted by atomic mass is 16.1. The molecule has 0 radical (unpaired) electrons. The molecular formula is C16H17N3O. The molecule has 102 valence electrons. The van der Waals surface area contributed by atoms with Gasteiger partial charge in [-0.05, 0) is 35.7 Å². The minimum atomic E-state index is -0.427. The number of hydrogen-bond acceptors (Lipinski definition) is 3. The second kappa shape index (κ2) is 4.89. The molecule has 2 aromatic rings. The summed E-state index contributed by atoms with van der Waals surface area (Å²) in [6.07, 6.45) is 0.983. The van der Waals surface area contributed by atoms with Crippen LogP contribution in [0, 0.1) is 0 Å². The van der Waals surface area contributed by atoms with Crippen molar-refractivity contribution in [1.29, 1.82) is 0 Å². The number of anilines is 2. The molecule has 0 atom stereocenters. The number of carbonyl (C=O) groups excluding carboxylic acids is 1. The van der Waals surface area contributed by atoms with Gasteiger partial charge >= 0.3 is 0 Å². The summed E-state index contributed by atoms with van der Waals surface area (Å²) >= 11 is 0. The third-order valence-electron chi connectivity index (χ3n) is 3.79. The molecule has 0 saturated carbocycles. The highest BCUT2D eigenvalue weighted by Gasteiger charge is 2.18. The molecule has 0 fully saturated rings. The molecule has 0 saturated heterocycles. The highest BCUT2D eigenvalue weighted by Crippen LogP contribution is 2.29. The predicted molar refractivity (Wildman–Crippen MR) is 80.6 cm³/mol. The van der Waals surface area contributed by atoms with E-state index in [1.54, 1.807) is 18.2 Å². The number of carbonyl (C=O) groups is 1. The molecule has 4 N–H and O–H groups in total. The zero-order chi connectivity index (χ0) is 14.1. The summed E-state index contributed by atoms with van der Waals surface area (Å²) in [6, 6.07) is 13.6. The zero-order valence-electron chi connectivity index (χ0n) is 11.2. The number of rotatable bonds is 2. The predicted octanol–water partition coefficient (Wildman–Crippen LogP) is 1.93. The Labute approximate surface area is 118 Å². The van der Waals surface area contributed by atoms with Gasteiger partial charge in [0.15, 0.2) is 0 Å². The van der Waals surface area contributed by atoms with Crippen molar-refractivity contribution in [3.8, 4) is 0 Å². The van der Waals surface area contributed by atoms with E-state index in [0.717, 1.165) is 25.2 Å². The molecular weight excluding hydrogens is 250 g/mol. The second-order valence-electron chi connectivity index (χ2n) is 5.08. The van der Waals surface area contributed by atoms with Gasteiger partial charge in [-0.25, -0.2) is 0 Å². The SMILES string of the molecule is NC(=O)c1ccc(N)c(N2CCc3ccccc3C2)c1. The van der Waals surface area contributed by atoms with Gasteiger partial charge in [0.25, 0.3) is 0 Å². The molecule has 0 aliphatic carbocycles. The van der Waals surface area contributed by atoms with E-state index >= 15 is 0 Å². The van der Waals surface area contributed by atoms with Crippen LogP contribution in [0.1, 0.15) is 21.5 Å². The lowest BCUT2D eigenvalue weighted by Gasteiger charge is -2.31. The fraction of sp³-hybridized carbons (Fsp3) is 0.188. The molecule has 1 aliphatic rings. The van der Waals surface area contributed by atoms with Crippen LogP contribution in [0.15, 0.2) is 42.5 Å². The first-order valence-corrected chi connectivity index (χ1v) is 6.66. The molecule has 0 unspecified atom stereocenters. The summed E-state index contributed by atoms with van der Waals surface area (Å²) in [5.74, 6) is -0.427. The summed E-state index contributed by atoms with van der Waals surface area (Å²) in [6.45, 7) is 1.70. The number of primary amides is 1. The Kier molecular flexibility index (Phi) is 3.06. The quantitative estimate of drug-likeness (QED) is 0.817. The maximum Gasteiger partial charge on any atom is 0.248 e. The van der Waals surface area contributed by atoms with Crippen LogP contribution in [0.3, 0.4) is 0 Å². The van der Waals surface area contributed by atoms with Gasteiger partial charge in [0.05, 0.1) is 11.4 Å². The monoisotopic (exact) mass is 267 g/mol. The fourth-order valence-electron chi connectivity index (χ4n) is 2.67. The molecule has 1 aliphatic heterocycles. The zero-order valence-corrected chi connectivity index (χ0v) is 11.2. The number of nitrogens with two attached hydrogens (primary N) is 2. The Morgan fingerprint density at radius 3 is 2.60 bits per heavy atom. The van der Waals surface area contributed by atoms with Crippen LogP contribution >= 0.6 is 0 Å². The molecule has 1 heterocycles. The first-order chi connectivity index (χ1) is 9.65. The number of fused-ring (bicyclic) bond motifs is 1. The van der Waals surface area contributed by atoms with Gasteiger partial charge < -0.3 is 16.4 Å². The van der Waals surface area contributed by atoms with Crippen LogP contribution in [0.25, 0.3) is 0 Å². The molecule has 0 spiro atoms. The molecule has 0 bridgehead atoms. The summed E-state index contributed by atoms with van der Waals surface area (Å²) in [5.41, 5.74) is 16.1. The Hall–Kier alpha value is -2.49. The van der Waals surface area contributed by atoms with Crippen molar-refractivity contribution in [2.24, 2.45) is 5.73 Å². The maximum absolute atomic E-state index is 11.3. The maximum atomic E-state index is 11.3. The van der Waals surface area contributed by atoms with Gasteiger partial charge in [0.2, 0.25) is 5.91 Å². The van der Waals surface area contributed by atoms with Gasteiger partial charge in [-0.1, -0.05) is 24.3 Å². The van der Waals surface area contributed by atoms with E-state index in [-0.39, 0.29) is 0 Å². The number of benzene rings is 2. The van der Waals surface area contributed by atoms with Crippen LogP contribution in [-0.4, -0.2) is 12.5 Å². The first kappa shape index (κ1) is 12.5. The largest absolute Gasteiger partial charge is 0.397 e. The van der Waals surface area contributed by atoms with E-state index < -0.39 is 5.91 Å². The van der Waals surface area contributed by atoms with Crippen molar-refractivity contribution >= 4 is 17.3 Å². The first-order valence-electron chi connectivity index (χ1n) is 6.66. The molecule has 2 aromatic carbocycles. The molecule has 1 amide bonds. The molecule has 4 heteroatoms. The number of hydrogen-bond donors (Lipinski definition) is 2. The van der Waals surface area contributed by atoms with Crippen LogP contribution < -0.4 is 16.4 Å². The Morgan fingerprint density at radius 1 is 1.10 bits per heavy atom. The van der Waals surface area contributed by atoms with Crippen molar-refractivity contribution in [3.63, 3.8) is 0 Å². The van der Waals surface area contributed by atoms with E-state index in [9.17, 15) is 4.79 Å². The smallest absolute Gasteiger partial charge is 0.248 e. The normalized spacial score (nSPS) is 13.9. The van der Waals surface area contributed by atoms with Crippen molar-refractivity contribution in [2.75, 3.05) is 17.2 Å². The van der Waals surface area contributed by atoms with Gasteiger partial charge in [0, 0.05) is 18.7 Å². The minimum absolute atomic E-state index is 0.427. The molecule has 20 heavy (non-hydrogen) atoms. The lowest BCUT2D eigenvalue weighted by molar-refractivity contribution is 0.100.